The molecule has 1 aromatic carbocycles. The molecule has 27 heavy (non-hydrogen) atoms. The topological polar surface area (TPSA) is 71.9 Å². The Kier molecular flexibility index (Phi) is 4.99. The summed E-state index contributed by atoms with van der Waals surface area (Å²) in [5.41, 5.74) is 2.57. The molecule has 2 atom stereocenters. The van der Waals surface area contributed by atoms with E-state index >= 15 is 0 Å². The van der Waals surface area contributed by atoms with Crippen LogP contribution in [0.1, 0.15) is 5.69 Å². The van der Waals surface area contributed by atoms with Crippen LogP contribution in [0.25, 0.3) is 10.9 Å². The van der Waals surface area contributed by atoms with Gasteiger partial charge in [-0.3, -0.25) is 9.88 Å². The average molecular weight is 369 g/mol. The molecule has 7 nitrogen and oxygen atoms in total. The normalized spacial score (nSPS) is 24.5. The number of fused-ring (bicyclic) bond motifs is 1. The number of likely N-dealkylation sites (N-methyl/N-ethyl adjacent to an activating group) is 1. The van der Waals surface area contributed by atoms with Crippen LogP contribution in [0.15, 0.2) is 30.3 Å². The van der Waals surface area contributed by atoms with E-state index in [1.54, 1.807) is 4.90 Å². The lowest BCUT2D eigenvalue weighted by molar-refractivity contribution is 0.0512. The first kappa shape index (κ1) is 18.2. The van der Waals surface area contributed by atoms with Crippen molar-refractivity contribution < 1.29 is 9.90 Å². The van der Waals surface area contributed by atoms with Gasteiger partial charge in [-0.2, -0.15) is 0 Å². The lowest BCUT2D eigenvalue weighted by atomic mass is 10.1. The number of pyridine rings is 1. The van der Waals surface area contributed by atoms with Crippen LogP contribution in [-0.2, 0) is 0 Å². The lowest BCUT2D eigenvalue weighted by Gasteiger charge is -2.37. The molecule has 144 valence electrons. The number of rotatable bonds is 2. The highest BCUT2D eigenvalue weighted by Gasteiger charge is 2.38. The fourth-order valence-corrected chi connectivity index (χ4v) is 4.01. The number of aryl methyl sites for hydroxylation is 1. The molecule has 3 heterocycles. The van der Waals surface area contributed by atoms with Crippen LogP contribution >= 0.6 is 0 Å². The number of carbonyl (C=O) groups is 1. The van der Waals surface area contributed by atoms with Crippen molar-refractivity contribution in [2.45, 2.75) is 19.1 Å². The number of likely N-dealkylation sites (tertiary alicyclic amines) is 1. The maximum atomic E-state index is 12.8. The lowest BCUT2D eigenvalue weighted by Crippen LogP contribution is -2.52. The maximum Gasteiger partial charge on any atom is 0.322 e. The van der Waals surface area contributed by atoms with E-state index in [9.17, 15) is 9.90 Å². The van der Waals surface area contributed by atoms with Crippen molar-refractivity contribution in [3.63, 3.8) is 0 Å². The second-order valence-electron chi connectivity index (χ2n) is 7.63. The number of piperazine rings is 1. The van der Waals surface area contributed by atoms with Gasteiger partial charge >= 0.3 is 6.03 Å². The van der Waals surface area contributed by atoms with Crippen molar-refractivity contribution in [2.24, 2.45) is 0 Å². The number of aliphatic hydroxyl groups is 1. The molecule has 0 unspecified atom stereocenters. The third-order valence-electron chi connectivity index (χ3n) is 5.67. The van der Waals surface area contributed by atoms with E-state index in [-0.39, 0.29) is 12.1 Å². The highest BCUT2D eigenvalue weighted by atomic mass is 16.3. The van der Waals surface area contributed by atoms with Crippen molar-refractivity contribution in [1.29, 1.82) is 0 Å². The summed E-state index contributed by atoms with van der Waals surface area (Å²) in [5, 5.41) is 14.4. The summed E-state index contributed by atoms with van der Waals surface area (Å²) >= 11 is 0. The Morgan fingerprint density at radius 1 is 1.15 bits per heavy atom. The van der Waals surface area contributed by atoms with Crippen LogP contribution in [-0.4, -0.2) is 89.3 Å². The third-order valence-corrected chi connectivity index (χ3v) is 5.67. The monoisotopic (exact) mass is 369 g/mol. The van der Waals surface area contributed by atoms with E-state index in [0.717, 1.165) is 48.5 Å². The molecule has 0 saturated carbocycles. The average Bonchev–Trinajstić information content (AvgIpc) is 3.04. The molecule has 0 bridgehead atoms. The van der Waals surface area contributed by atoms with E-state index in [0.29, 0.717) is 13.1 Å². The van der Waals surface area contributed by atoms with Gasteiger partial charge in [-0.15, -0.1) is 0 Å². The molecular formula is C20H27N5O2. The number of hydrogen-bond acceptors (Lipinski definition) is 5. The molecule has 2 aliphatic heterocycles. The first-order valence-corrected chi connectivity index (χ1v) is 9.54. The number of nitrogens with zero attached hydrogens (tertiary/aromatic N) is 4. The number of nitrogens with one attached hydrogen (secondary N) is 1. The number of aliphatic hydroxyl groups excluding tert-OH is 1. The number of benzene rings is 1. The quantitative estimate of drug-likeness (QED) is 0.837. The summed E-state index contributed by atoms with van der Waals surface area (Å²) in [4.78, 5) is 23.6. The summed E-state index contributed by atoms with van der Waals surface area (Å²) in [5.74, 6) is 0. The molecule has 2 saturated heterocycles. The highest BCUT2D eigenvalue weighted by Crippen LogP contribution is 2.24. The Hall–Kier alpha value is -2.22. The minimum atomic E-state index is -0.504. The van der Waals surface area contributed by atoms with Crippen LogP contribution in [0.3, 0.4) is 0 Å². The molecule has 0 radical (unpaired) electrons. The zero-order valence-electron chi connectivity index (χ0n) is 15.9. The molecule has 2 aromatic rings. The molecule has 7 heteroatoms. The summed E-state index contributed by atoms with van der Waals surface area (Å²) < 4.78 is 0. The first-order chi connectivity index (χ1) is 13.0. The van der Waals surface area contributed by atoms with Crippen molar-refractivity contribution in [1.82, 2.24) is 19.7 Å². The van der Waals surface area contributed by atoms with Gasteiger partial charge in [-0.25, -0.2) is 4.79 Å². The van der Waals surface area contributed by atoms with Gasteiger partial charge in [0, 0.05) is 43.8 Å². The molecule has 2 aliphatic rings. The number of carbonyl (C=O) groups excluding carboxylic acids is 1. The highest BCUT2D eigenvalue weighted by molar-refractivity contribution is 6.00. The van der Waals surface area contributed by atoms with Crippen molar-refractivity contribution in [2.75, 3.05) is 51.6 Å². The van der Waals surface area contributed by atoms with Gasteiger partial charge in [0.1, 0.15) is 0 Å². The van der Waals surface area contributed by atoms with Crippen LogP contribution in [0, 0.1) is 6.92 Å². The predicted molar refractivity (Wildman–Crippen MR) is 106 cm³/mol. The molecule has 4 rings (SSSR count). The molecule has 2 amide bonds. The minimum absolute atomic E-state index is 0.0151. The number of urea groups is 1. The number of aromatic nitrogens is 1. The van der Waals surface area contributed by atoms with Gasteiger partial charge in [0.25, 0.3) is 0 Å². The smallest absolute Gasteiger partial charge is 0.322 e. The minimum Gasteiger partial charge on any atom is -0.390 e. The molecule has 0 spiro atoms. The fourth-order valence-electron chi connectivity index (χ4n) is 4.01. The molecule has 2 fully saturated rings. The Balaban J connectivity index is 1.45. The van der Waals surface area contributed by atoms with Gasteiger partial charge in [-0.1, -0.05) is 6.07 Å². The van der Waals surface area contributed by atoms with Gasteiger partial charge in [-0.05, 0) is 38.2 Å². The second-order valence-corrected chi connectivity index (χ2v) is 7.63. The standard InChI is InChI=1S/C20H27N5O2/c1-14-6-7-15-16(21-14)4-3-5-17(15)22-20(27)25-12-18(19(26)13-25)24-10-8-23(2)9-11-24/h3-7,18-19,26H,8-13H2,1-2H3,(H,22,27)/t18-,19-/m0/s1. The van der Waals surface area contributed by atoms with E-state index in [2.05, 4.69) is 27.1 Å². The van der Waals surface area contributed by atoms with Gasteiger partial charge in [0.2, 0.25) is 0 Å². The van der Waals surface area contributed by atoms with Crippen LogP contribution in [0.5, 0.6) is 0 Å². The fraction of sp³-hybridized carbons (Fsp3) is 0.500. The number of anilines is 1. The molecule has 1 aromatic heterocycles. The first-order valence-electron chi connectivity index (χ1n) is 9.54. The van der Waals surface area contributed by atoms with E-state index in [1.807, 2.05) is 37.3 Å². The zero-order valence-corrected chi connectivity index (χ0v) is 15.9. The number of hydrogen-bond donors (Lipinski definition) is 2. The van der Waals surface area contributed by atoms with Crippen molar-refractivity contribution >= 4 is 22.6 Å². The van der Waals surface area contributed by atoms with Crippen LogP contribution in [0.4, 0.5) is 10.5 Å². The maximum absolute atomic E-state index is 12.8. The summed E-state index contributed by atoms with van der Waals surface area (Å²) in [6, 6.07) is 9.51. The summed E-state index contributed by atoms with van der Waals surface area (Å²) in [6.07, 6.45) is -0.504. The summed E-state index contributed by atoms with van der Waals surface area (Å²) in [7, 11) is 2.11. The number of β-amino-alcohol motifs (C(OH)–C–C–N with tert-alkyl or cyclic N) is 1. The molecular weight excluding hydrogens is 342 g/mol. The Morgan fingerprint density at radius 2 is 1.93 bits per heavy atom. The van der Waals surface area contributed by atoms with Crippen molar-refractivity contribution in [3.05, 3.63) is 36.0 Å². The Morgan fingerprint density at radius 3 is 2.70 bits per heavy atom. The SMILES string of the molecule is Cc1ccc2c(NC(=O)N3C[C@H](O)[C@@H](N4CCN(C)CC4)C3)cccc2n1. The number of amides is 2. The van der Waals surface area contributed by atoms with Crippen molar-refractivity contribution in [3.8, 4) is 0 Å². The van der Waals surface area contributed by atoms with E-state index in [4.69, 9.17) is 0 Å². The van der Waals surface area contributed by atoms with E-state index in [1.165, 1.54) is 0 Å². The van der Waals surface area contributed by atoms with Gasteiger partial charge in [0.05, 0.1) is 29.9 Å². The van der Waals surface area contributed by atoms with E-state index < -0.39 is 6.10 Å². The van der Waals surface area contributed by atoms with Crippen LogP contribution in [0.2, 0.25) is 0 Å². The summed E-state index contributed by atoms with van der Waals surface area (Å²) in [6.45, 7) is 6.73. The Labute approximate surface area is 159 Å². The molecule has 0 aliphatic carbocycles. The van der Waals surface area contributed by atoms with Gasteiger partial charge < -0.3 is 20.2 Å². The zero-order chi connectivity index (χ0) is 19.0. The van der Waals surface area contributed by atoms with Gasteiger partial charge in [0.15, 0.2) is 0 Å². The largest absolute Gasteiger partial charge is 0.390 e. The molecule has 2 N–H and O–H groups in total. The predicted octanol–water partition coefficient (Wildman–Crippen LogP) is 1.37. The van der Waals surface area contributed by atoms with Crippen LogP contribution < -0.4 is 5.32 Å². The Bertz CT molecular complexity index is 834. The second kappa shape index (κ2) is 7.42. The third kappa shape index (κ3) is 3.76.